The summed E-state index contributed by atoms with van der Waals surface area (Å²) in [4.78, 5) is 15.6. The molecule has 2 fully saturated rings. The molecule has 3 rings (SSSR count). The van der Waals surface area contributed by atoms with E-state index in [9.17, 15) is 9.90 Å². The number of hydrogen-bond donors (Lipinski definition) is 1. The highest BCUT2D eigenvalue weighted by molar-refractivity contribution is 5.82. The fraction of sp³-hybridized carbons (Fsp3) is 0.640. The molecule has 1 aliphatic heterocycles. The van der Waals surface area contributed by atoms with Crippen molar-refractivity contribution in [3.05, 3.63) is 35.9 Å². The number of carbonyl (C=O) groups excluding carboxylic acids is 1. The van der Waals surface area contributed by atoms with Crippen LogP contribution in [0.1, 0.15) is 70.8 Å². The SMILES string of the molecule is CC(C)(C#CCN1CCCCC1)OC(=O)C(O)(c1ccccc1)C1CCCCC1. The number of hydrogen-bond acceptors (Lipinski definition) is 4. The molecule has 29 heavy (non-hydrogen) atoms. The maximum Gasteiger partial charge on any atom is 0.344 e. The Balaban J connectivity index is 1.73. The lowest BCUT2D eigenvalue weighted by molar-refractivity contribution is -0.184. The maximum atomic E-state index is 13.3. The highest BCUT2D eigenvalue weighted by Crippen LogP contribution is 2.41. The second-order valence-electron chi connectivity index (χ2n) is 9.01. The third kappa shape index (κ3) is 5.62. The van der Waals surface area contributed by atoms with E-state index in [1.165, 1.54) is 19.3 Å². The first kappa shape index (κ1) is 21.9. The van der Waals surface area contributed by atoms with Gasteiger partial charge in [-0.15, -0.1) is 0 Å². The van der Waals surface area contributed by atoms with Gasteiger partial charge >= 0.3 is 5.97 Å². The largest absolute Gasteiger partial charge is 0.444 e. The van der Waals surface area contributed by atoms with Crippen molar-refractivity contribution in [1.29, 1.82) is 0 Å². The standard InChI is InChI=1S/C25H35NO3/c1-24(2,17-12-20-26-18-10-5-11-19-26)29-23(27)25(28,21-13-6-3-7-14-21)22-15-8-4-9-16-22/h3,6-7,13-14,22,28H,4-5,8-11,15-16,18-20H2,1-2H3. The van der Waals surface area contributed by atoms with Crippen molar-refractivity contribution in [2.24, 2.45) is 5.92 Å². The summed E-state index contributed by atoms with van der Waals surface area (Å²) in [6.07, 6.45) is 8.65. The highest BCUT2D eigenvalue weighted by Gasteiger charge is 2.48. The third-order valence-corrected chi connectivity index (χ3v) is 6.21. The minimum absolute atomic E-state index is 0.122. The Morgan fingerprint density at radius 1 is 1.07 bits per heavy atom. The van der Waals surface area contributed by atoms with Crippen LogP contribution in [0.2, 0.25) is 0 Å². The molecule has 1 aromatic carbocycles. The molecular formula is C25H35NO3. The van der Waals surface area contributed by atoms with Gasteiger partial charge in [0.25, 0.3) is 0 Å². The monoisotopic (exact) mass is 397 g/mol. The zero-order valence-electron chi connectivity index (χ0n) is 18.0. The van der Waals surface area contributed by atoms with Gasteiger partial charge in [-0.3, -0.25) is 4.90 Å². The van der Waals surface area contributed by atoms with E-state index in [1.807, 2.05) is 30.3 Å². The van der Waals surface area contributed by atoms with Crippen LogP contribution in [0.3, 0.4) is 0 Å². The molecule has 1 saturated heterocycles. The van der Waals surface area contributed by atoms with E-state index in [-0.39, 0.29) is 5.92 Å². The Morgan fingerprint density at radius 3 is 2.34 bits per heavy atom. The van der Waals surface area contributed by atoms with Gasteiger partial charge in [0.1, 0.15) is 0 Å². The van der Waals surface area contributed by atoms with Gasteiger partial charge < -0.3 is 9.84 Å². The predicted octanol–water partition coefficient (Wildman–Crippen LogP) is 4.27. The second-order valence-corrected chi connectivity index (χ2v) is 9.01. The van der Waals surface area contributed by atoms with Crippen LogP contribution in [0.25, 0.3) is 0 Å². The minimum Gasteiger partial charge on any atom is -0.444 e. The zero-order valence-corrected chi connectivity index (χ0v) is 18.0. The maximum absolute atomic E-state index is 13.3. The molecular weight excluding hydrogens is 362 g/mol. The van der Waals surface area contributed by atoms with Crippen molar-refractivity contribution in [2.75, 3.05) is 19.6 Å². The lowest BCUT2D eigenvalue weighted by Crippen LogP contribution is -2.47. The Kier molecular flexibility index (Phi) is 7.38. The number of piperidine rings is 1. The van der Waals surface area contributed by atoms with Gasteiger partial charge in [-0.05, 0) is 58.2 Å². The first-order valence-corrected chi connectivity index (χ1v) is 11.2. The molecule has 1 heterocycles. The molecule has 0 radical (unpaired) electrons. The molecule has 0 spiro atoms. The van der Waals surface area contributed by atoms with Gasteiger partial charge in [-0.2, -0.15) is 0 Å². The lowest BCUT2D eigenvalue weighted by atomic mass is 9.73. The molecule has 0 bridgehead atoms. The topological polar surface area (TPSA) is 49.8 Å². The number of likely N-dealkylation sites (tertiary alicyclic amines) is 1. The molecule has 0 amide bonds. The van der Waals surface area contributed by atoms with E-state index in [2.05, 4.69) is 16.7 Å². The number of rotatable bonds is 5. The number of ether oxygens (including phenoxy) is 1. The van der Waals surface area contributed by atoms with Crippen LogP contribution in [-0.2, 0) is 15.1 Å². The average molecular weight is 398 g/mol. The summed E-state index contributed by atoms with van der Waals surface area (Å²) >= 11 is 0. The molecule has 1 atom stereocenters. The van der Waals surface area contributed by atoms with Gasteiger partial charge in [-0.25, -0.2) is 4.79 Å². The normalized spacial score (nSPS) is 20.9. The van der Waals surface area contributed by atoms with E-state index in [0.717, 1.165) is 45.2 Å². The van der Waals surface area contributed by atoms with Crippen LogP contribution in [0, 0.1) is 17.8 Å². The van der Waals surface area contributed by atoms with Crippen LogP contribution in [0.15, 0.2) is 30.3 Å². The van der Waals surface area contributed by atoms with Crippen LogP contribution < -0.4 is 0 Å². The van der Waals surface area contributed by atoms with Crippen LogP contribution in [0.4, 0.5) is 0 Å². The van der Waals surface area contributed by atoms with E-state index >= 15 is 0 Å². The van der Waals surface area contributed by atoms with Crippen molar-refractivity contribution in [3.8, 4) is 11.8 Å². The molecule has 1 aromatic rings. The summed E-state index contributed by atoms with van der Waals surface area (Å²) < 4.78 is 5.82. The van der Waals surface area contributed by atoms with E-state index in [0.29, 0.717) is 12.1 Å². The summed E-state index contributed by atoms with van der Waals surface area (Å²) in [5.41, 5.74) is -1.94. The van der Waals surface area contributed by atoms with Crippen molar-refractivity contribution in [1.82, 2.24) is 4.90 Å². The first-order chi connectivity index (χ1) is 13.9. The molecule has 2 aliphatic rings. The Bertz CT molecular complexity index is 721. The molecule has 1 unspecified atom stereocenters. The second kappa shape index (κ2) is 9.78. The molecule has 1 N–H and O–H groups in total. The quantitative estimate of drug-likeness (QED) is 0.596. The summed E-state index contributed by atoms with van der Waals surface area (Å²) in [5, 5.41) is 11.6. The number of carbonyl (C=O) groups is 1. The molecule has 158 valence electrons. The number of nitrogens with zero attached hydrogens (tertiary/aromatic N) is 1. The summed E-state index contributed by atoms with van der Waals surface area (Å²) in [6, 6.07) is 9.27. The molecule has 1 aliphatic carbocycles. The third-order valence-electron chi connectivity index (χ3n) is 6.21. The van der Waals surface area contributed by atoms with Crippen molar-refractivity contribution >= 4 is 5.97 Å². The Labute approximate surface area is 175 Å². The van der Waals surface area contributed by atoms with E-state index in [1.54, 1.807) is 13.8 Å². The van der Waals surface area contributed by atoms with E-state index < -0.39 is 17.2 Å². The van der Waals surface area contributed by atoms with Gasteiger partial charge in [-0.1, -0.05) is 67.9 Å². The highest BCUT2D eigenvalue weighted by atomic mass is 16.6. The van der Waals surface area contributed by atoms with Gasteiger partial charge in [0, 0.05) is 5.92 Å². The van der Waals surface area contributed by atoms with Crippen LogP contribution in [-0.4, -0.2) is 41.2 Å². The average Bonchev–Trinajstić information content (AvgIpc) is 2.74. The molecule has 4 nitrogen and oxygen atoms in total. The summed E-state index contributed by atoms with van der Waals surface area (Å²) in [7, 11) is 0. The van der Waals surface area contributed by atoms with Crippen LogP contribution in [0.5, 0.6) is 0 Å². The smallest absolute Gasteiger partial charge is 0.344 e. The number of aliphatic hydroxyl groups is 1. The predicted molar refractivity (Wildman–Crippen MR) is 115 cm³/mol. The van der Waals surface area contributed by atoms with Crippen molar-refractivity contribution in [3.63, 3.8) is 0 Å². The molecule has 0 aromatic heterocycles. The van der Waals surface area contributed by atoms with Crippen molar-refractivity contribution in [2.45, 2.75) is 76.4 Å². The molecule has 4 heteroatoms. The van der Waals surface area contributed by atoms with Gasteiger partial charge in [0.2, 0.25) is 0 Å². The minimum atomic E-state index is -1.62. The van der Waals surface area contributed by atoms with Crippen molar-refractivity contribution < 1.29 is 14.6 Å². The number of benzene rings is 1. The Hall–Kier alpha value is -1.83. The summed E-state index contributed by atoms with van der Waals surface area (Å²) in [6.45, 7) is 6.49. The van der Waals surface area contributed by atoms with E-state index in [4.69, 9.17) is 4.74 Å². The van der Waals surface area contributed by atoms with Gasteiger partial charge in [0.05, 0.1) is 6.54 Å². The molecule has 1 saturated carbocycles. The Morgan fingerprint density at radius 2 is 1.69 bits per heavy atom. The first-order valence-electron chi connectivity index (χ1n) is 11.2. The number of esters is 1. The van der Waals surface area contributed by atoms with Gasteiger partial charge in [0.15, 0.2) is 11.2 Å². The lowest BCUT2D eigenvalue weighted by Gasteiger charge is -2.38. The van der Waals surface area contributed by atoms with Crippen LogP contribution >= 0.6 is 0 Å². The summed E-state index contributed by atoms with van der Waals surface area (Å²) in [5.74, 6) is 5.61. The zero-order chi connectivity index (χ0) is 20.7. The fourth-order valence-electron chi connectivity index (χ4n) is 4.55. The fourth-order valence-corrected chi connectivity index (χ4v) is 4.55.